The van der Waals surface area contributed by atoms with Gasteiger partial charge in [-0.1, -0.05) is 23.7 Å². The van der Waals surface area contributed by atoms with Gasteiger partial charge in [0.25, 0.3) is 0 Å². The molecule has 1 unspecified atom stereocenters. The van der Waals surface area contributed by atoms with Crippen LogP contribution in [0.3, 0.4) is 0 Å². The summed E-state index contributed by atoms with van der Waals surface area (Å²) in [6.45, 7) is 0.365. The average molecular weight is 467 g/mol. The summed E-state index contributed by atoms with van der Waals surface area (Å²) in [5.41, 5.74) is 3.97. The zero-order valence-corrected chi connectivity index (χ0v) is 18.6. The van der Waals surface area contributed by atoms with Crippen molar-refractivity contribution in [3.63, 3.8) is 0 Å². The standard InChI is InChI=1S/C23H20ClFN6O2/c1-26-22-16-11-33-21(13-3-5-14(25)6-4-13)20(16)29-23(30-22)28-15-7-8-17(18(9-15)32-2)31-10-19(24)27-12-31/h3-10,12,21H,11H2,1-2H3,(H2,26,28,29,30). The minimum Gasteiger partial charge on any atom is -0.494 e. The lowest BCUT2D eigenvalue weighted by Gasteiger charge is -2.15. The first kappa shape index (κ1) is 21.2. The lowest BCUT2D eigenvalue weighted by Crippen LogP contribution is -2.08. The Morgan fingerprint density at radius 1 is 1.18 bits per heavy atom. The Labute approximate surface area is 194 Å². The summed E-state index contributed by atoms with van der Waals surface area (Å²) in [6.07, 6.45) is 2.91. The third-order valence-electron chi connectivity index (χ3n) is 5.36. The molecule has 0 amide bonds. The van der Waals surface area contributed by atoms with E-state index in [2.05, 4.69) is 20.6 Å². The molecule has 2 N–H and O–H groups in total. The van der Waals surface area contributed by atoms with Crippen molar-refractivity contribution in [2.24, 2.45) is 0 Å². The van der Waals surface area contributed by atoms with Gasteiger partial charge in [0.05, 0.1) is 25.1 Å². The molecule has 1 atom stereocenters. The maximum Gasteiger partial charge on any atom is 0.229 e. The van der Waals surface area contributed by atoms with Gasteiger partial charge >= 0.3 is 0 Å². The van der Waals surface area contributed by atoms with E-state index in [1.165, 1.54) is 12.1 Å². The Hall–Kier alpha value is -3.69. The average Bonchev–Trinajstić information content (AvgIpc) is 3.45. The normalized spacial score (nSPS) is 14.7. The topological polar surface area (TPSA) is 86.1 Å². The zero-order valence-electron chi connectivity index (χ0n) is 17.8. The first-order valence-electron chi connectivity index (χ1n) is 10.2. The third kappa shape index (κ3) is 4.08. The molecular weight excluding hydrogens is 447 g/mol. The lowest BCUT2D eigenvalue weighted by atomic mass is 10.0. The first-order valence-corrected chi connectivity index (χ1v) is 10.5. The van der Waals surface area contributed by atoms with Gasteiger partial charge in [-0.15, -0.1) is 0 Å². The number of nitrogens with one attached hydrogen (secondary N) is 2. The fourth-order valence-corrected chi connectivity index (χ4v) is 3.94. The molecular formula is C23H20ClFN6O2. The fraction of sp³-hybridized carbons (Fsp3) is 0.174. The highest BCUT2D eigenvalue weighted by Gasteiger charge is 2.30. The summed E-state index contributed by atoms with van der Waals surface area (Å²) < 4.78 is 26.7. The van der Waals surface area contributed by atoms with Gasteiger partial charge in [-0.2, -0.15) is 4.98 Å². The Morgan fingerprint density at radius 2 is 2.00 bits per heavy atom. The number of benzene rings is 2. The first-order chi connectivity index (χ1) is 16.1. The second-order valence-electron chi connectivity index (χ2n) is 7.37. The number of rotatable bonds is 6. The van der Waals surface area contributed by atoms with Crippen LogP contribution >= 0.6 is 11.6 Å². The summed E-state index contributed by atoms with van der Waals surface area (Å²) in [6, 6.07) is 11.8. The molecule has 0 bridgehead atoms. The van der Waals surface area contributed by atoms with Crippen LogP contribution in [0.5, 0.6) is 5.75 Å². The Bertz CT molecular complexity index is 1310. The van der Waals surface area contributed by atoms with Crippen LogP contribution < -0.4 is 15.4 Å². The van der Waals surface area contributed by atoms with Crippen molar-refractivity contribution in [3.8, 4) is 11.4 Å². The van der Waals surface area contributed by atoms with Crippen LogP contribution in [0.15, 0.2) is 55.0 Å². The summed E-state index contributed by atoms with van der Waals surface area (Å²) >= 11 is 5.95. The molecule has 4 aromatic rings. The second kappa shape index (κ2) is 8.68. The van der Waals surface area contributed by atoms with E-state index in [0.717, 1.165) is 28.2 Å². The molecule has 1 aliphatic rings. The molecule has 1 aliphatic heterocycles. The van der Waals surface area contributed by atoms with E-state index < -0.39 is 6.10 Å². The van der Waals surface area contributed by atoms with Gasteiger partial charge in [0.2, 0.25) is 5.95 Å². The number of anilines is 3. The van der Waals surface area contributed by atoms with Gasteiger partial charge in [0.15, 0.2) is 0 Å². The summed E-state index contributed by atoms with van der Waals surface area (Å²) in [5.74, 6) is 1.39. The van der Waals surface area contributed by atoms with Crippen molar-refractivity contribution in [1.82, 2.24) is 19.5 Å². The minimum absolute atomic E-state index is 0.298. The van der Waals surface area contributed by atoms with Crippen LogP contribution in [0, 0.1) is 5.82 Å². The maximum atomic E-state index is 13.4. The molecule has 0 saturated heterocycles. The molecule has 2 aromatic heterocycles. The Kier molecular flexibility index (Phi) is 5.57. The third-order valence-corrected chi connectivity index (χ3v) is 5.55. The van der Waals surface area contributed by atoms with Crippen LogP contribution in [0.4, 0.5) is 21.8 Å². The van der Waals surface area contributed by atoms with E-state index in [1.54, 1.807) is 43.4 Å². The van der Waals surface area contributed by atoms with Crippen molar-refractivity contribution < 1.29 is 13.9 Å². The number of halogens is 2. The van der Waals surface area contributed by atoms with Crippen molar-refractivity contribution in [3.05, 3.63) is 82.8 Å². The predicted molar refractivity (Wildman–Crippen MR) is 123 cm³/mol. The molecule has 168 valence electrons. The molecule has 3 heterocycles. The van der Waals surface area contributed by atoms with Gasteiger partial charge in [0.1, 0.15) is 35.0 Å². The Balaban J connectivity index is 1.48. The molecule has 10 heteroatoms. The van der Waals surface area contributed by atoms with E-state index in [1.807, 2.05) is 18.2 Å². The maximum absolute atomic E-state index is 13.4. The number of ether oxygens (including phenoxy) is 2. The predicted octanol–water partition coefficient (Wildman–Crippen LogP) is 4.87. The van der Waals surface area contributed by atoms with Crippen LogP contribution in [0.1, 0.15) is 22.9 Å². The SMILES string of the molecule is CNc1nc(Nc2ccc(-n3cnc(Cl)c3)c(OC)c2)nc2c1COC2c1ccc(F)cc1. The van der Waals surface area contributed by atoms with Gasteiger partial charge in [-0.05, 0) is 29.8 Å². The molecule has 0 aliphatic carbocycles. The lowest BCUT2D eigenvalue weighted by molar-refractivity contribution is 0.0924. The van der Waals surface area contributed by atoms with Gasteiger partial charge in [-0.3, -0.25) is 0 Å². The number of hydrogen-bond acceptors (Lipinski definition) is 7. The molecule has 0 spiro atoms. The molecule has 8 nitrogen and oxygen atoms in total. The molecule has 5 rings (SSSR count). The van der Waals surface area contributed by atoms with E-state index in [4.69, 9.17) is 26.1 Å². The second-order valence-corrected chi connectivity index (χ2v) is 7.75. The molecule has 33 heavy (non-hydrogen) atoms. The fourth-order valence-electron chi connectivity index (χ4n) is 3.79. The number of nitrogens with zero attached hydrogens (tertiary/aromatic N) is 4. The van der Waals surface area contributed by atoms with Gasteiger partial charge in [0, 0.05) is 30.6 Å². The van der Waals surface area contributed by atoms with Crippen LogP contribution in [-0.4, -0.2) is 33.7 Å². The number of imidazole rings is 1. The molecule has 0 radical (unpaired) electrons. The highest BCUT2D eigenvalue weighted by atomic mass is 35.5. The Morgan fingerprint density at radius 3 is 2.70 bits per heavy atom. The van der Waals surface area contributed by atoms with E-state index >= 15 is 0 Å². The van der Waals surface area contributed by atoms with Crippen molar-refractivity contribution in [1.29, 1.82) is 0 Å². The van der Waals surface area contributed by atoms with Gasteiger partial charge < -0.3 is 24.7 Å². The minimum atomic E-state index is -0.404. The van der Waals surface area contributed by atoms with Crippen LogP contribution in [0.2, 0.25) is 5.15 Å². The summed E-state index contributed by atoms with van der Waals surface area (Å²) in [7, 11) is 3.39. The molecule has 0 fully saturated rings. The quantitative estimate of drug-likeness (QED) is 0.419. The van der Waals surface area contributed by atoms with E-state index in [-0.39, 0.29) is 5.82 Å². The van der Waals surface area contributed by atoms with Crippen LogP contribution in [0.25, 0.3) is 5.69 Å². The summed E-state index contributed by atoms with van der Waals surface area (Å²) in [4.78, 5) is 13.4. The smallest absolute Gasteiger partial charge is 0.229 e. The molecule has 2 aromatic carbocycles. The van der Waals surface area contributed by atoms with Crippen molar-refractivity contribution in [2.75, 3.05) is 24.8 Å². The summed E-state index contributed by atoms with van der Waals surface area (Å²) in [5, 5.41) is 6.74. The number of hydrogen-bond donors (Lipinski definition) is 2. The number of fused-ring (bicyclic) bond motifs is 1. The van der Waals surface area contributed by atoms with Crippen molar-refractivity contribution in [2.45, 2.75) is 12.7 Å². The van der Waals surface area contributed by atoms with E-state index in [0.29, 0.717) is 29.3 Å². The van der Waals surface area contributed by atoms with Gasteiger partial charge in [-0.25, -0.2) is 14.4 Å². The number of aromatic nitrogens is 4. The monoisotopic (exact) mass is 466 g/mol. The number of methoxy groups -OCH3 is 1. The van der Waals surface area contributed by atoms with E-state index in [9.17, 15) is 4.39 Å². The zero-order chi connectivity index (χ0) is 22.9. The van der Waals surface area contributed by atoms with Crippen molar-refractivity contribution >= 4 is 29.1 Å². The highest BCUT2D eigenvalue weighted by molar-refractivity contribution is 6.29. The molecule has 0 saturated carbocycles. The highest BCUT2D eigenvalue weighted by Crippen LogP contribution is 2.38. The largest absolute Gasteiger partial charge is 0.494 e. The van der Waals surface area contributed by atoms with Crippen LogP contribution in [-0.2, 0) is 11.3 Å².